The molecular weight excluding hydrogens is 294 g/mol. The highest BCUT2D eigenvalue weighted by Gasteiger charge is 2.37. The van der Waals surface area contributed by atoms with Crippen molar-refractivity contribution >= 4 is 21.7 Å². The first kappa shape index (κ1) is 12.4. The average Bonchev–Trinajstić information content (AvgIpc) is 3.12. The van der Waals surface area contributed by atoms with Crippen molar-refractivity contribution in [3.05, 3.63) is 16.0 Å². The molecule has 18 heavy (non-hydrogen) atoms. The highest BCUT2D eigenvalue weighted by atomic mass is 79.9. The molecule has 2 fully saturated rings. The third-order valence-electron chi connectivity index (χ3n) is 3.77. The zero-order valence-corrected chi connectivity index (χ0v) is 12.4. The van der Waals surface area contributed by atoms with Crippen LogP contribution in [0.3, 0.4) is 0 Å². The molecule has 1 atom stereocenters. The van der Waals surface area contributed by atoms with Crippen LogP contribution in [0, 0.1) is 0 Å². The molecule has 1 unspecified atom stereocenters. The first-order valence-corrected chi connectivity index (χ1v) is 7.33. The zero-order valence-electron chi connectivity index (χ0n) is 10.8. The van der Waals surface area contributed by atoms with Crippen LogP contribution >= 0.6 is 15.9 Å². The van der Waals surface area contributed by atoms with Crippen molar-refractivity contribution in [2.24, 2.45) is 0 Å². The fraction of sp³-hybridized carbons (Fsp3) is 0.692. The van der Waals surface area contributed by atoms with Gasteiger partial charge in [0.1, 0.15) is 11.4 Å². The lowest BCUT2D eigenvalue weighted by molar-refractivity contribution is 0.00924. The number of hydrogen-bond acceptors (Lipinski definition) is 4. The van der Waals surface area contributed by atoms with Gasteiger partial charge in [-0.05, 0) is 48.5 Å². The van der Waals surface area contributed by atoms with Crippen molar-refractivity contribution in [2.45, 2.75) is 44.1 Å². The third-order valence-corrected chi connectivity index (χ3v) is 4.55. The van der Waals surface area contributed by atoms with Crippen molar-refractivity contribution in [3.8, 4) is 0 Å². The van der Waals surface area contributed by atoms with E-state index in [0.717, 1.165) is 41.3 Å². The van der Waals surface area contributed by atoms with Gasteiger partial charge in [0.05, 0.1) is 10.2 Å². The molecule has 1 aromatic heterocycles. The standard InChI is InChI=1S/C13H18BrN3O/c1-13(6-3-7-18-13)12-16-10(8-4-5-8)9(14)11(15-2)17-12/h8H,3-7H2,1-2H3,(H,15,16,17). The van der Waals surface area contributed by atoms with Crippen LogP contribution in [0.2, 0.25) is 0 Å². The second-order valence-corrected chi connectivity index (χ2v) is 6.10. The molecule has 1 aliphatic carbocycles. The first-order valence-electron chi connectivity index (χ1n) is 6.53. The van der Waals surface area contributed by atoms with E-state index in [1.165, 1.54) is 12.8 Å². The van der Waals surface area contributed by atoms with Gasteiger partial charge in [0.2, 0.25) is 0 Å². The summed E-state index contributed by atoms with van der Waals surface area (Å²) in [6.45, 7) is 2.91. The molecule has 3 rings (SSSR count). The predicted octanol–water partition coefficient (Wildman–Crippen LogP) is 3.18. The van der Waals surface area contributed by atoms with E-state index in [2.05, 4.69) is 33.2 Å². The van der Waals surface area contributed by atoms with Crippen molar-refractivity contribution in [1.29, 1.82) is 0 Å². The molecule has 2 heterocycles. The summed E-state index contributed by atoms with van der Waals surface area (Å²) in [5, 5.41) is 3.15. The summed E-state index contributed by atoms with van der Waals surface area (Å²) in [4.78, 5) is 9.39. The molecule has 1 N–H and O–H groups in total. The summed E-state index contributed by atoms with van der Waals surface area (Å²) in [5.41, 5.74) is 0.830. The van der Waals surface area contributed by atoms with Crippen molar-refractivity contribution in [2.75, 3.05) is 19.0 Å². The van der Waals surface area contributed by atoms with E-state index < -0.39 is 0 Å². The molecule has 1 aromatic rings. The lowest BCUT2D eigenvalue weighted by Crippen LogP contribution is -2.24. The highest BCUT2D eigenvalue weighted by Crippen LogP contribution is 2.45. The normalized spacial score (nSPS) is 27.5. The van der Waals surface area contributed by atoms with Gasteiger partial charge in [-0.15, -0.1) is 0 Å². The van der Waals surface area contributed by atoms with Gasteiger partial charge in [-0.1, -0.05) is 0 Å². The Morgan fingerprint density at radius 3 is 2.72 bits per heavy atom. The molecule has 0 radical (unpaired) electrons. The number of nitrogens with zero attached hydrogens (tertiary/aromatic N) is 2. The Morgan fingerprint density at radius 1 is 1.39 bits per heavy atom. The Balaban J connectivity index is 2.06. The summed E-state index contributed by atoms with van der Waals surface area (Å²) in [6.07, 6.45) is 4.55. The van der Waals surface area contributed by atoms with Gasteiger partial charge in [-0.3, -0.25) is 0 Å². The van der Waals surface area contributed by atoms with Gasteiger partial charge in [0.25, 0.3) is 0 Å². The summed E-state index contributed by atoms with van der Waals surface area (Å²) < 4.78 is 6.86. The molecule has 0 spiro atoms. The summed E-state index contributed by atoms with van der Waals surface area (Å²) in [6, 6.07) is 0. The van der Waals surface area contributed by atoms with Crippen molar-refractivity contribution < 1.29 is 4.74 Å². The number of hydrogen-bond donors (Lipinski definition) is 1. The predicted molar refractivity (Wildman–Crippen MR) is 73.8 cm³/mol. The summed E-state index contributed by atoms with van der Waals surface area (Å²) in [5.74, 6) is 2.30. The number of halogens is 1. The Hall–Kier alpha value is -0.680. The van der Waals surface area contributed by atoms with Crippen LogP contribution in [0.15, 0.2) is 4.47 Å². The maximum absolute atomic E-state index is 5.85. The molecule has 0 aromatic carbocycles. The second-order valence-electron chi connectivity index (χ2n) is 5.30. The number of aromatic nitrogens is 2. The molecule has 1 saturated carbocycles. The fourth-order valence-electron chi connectivity index (χ4n) is 2.45. The smallest absolute Gasteiger partial charge is 0.162 e. The minimum atomic E-state index is -0.310. The van der Waals surface area contributed by atoms with Gasteiger partial charge >= 0.3 is 0 Å². The largest absolute Gasteiger partial charge is 0.372 e. The van der Waals surface area contributed by atoms with Crippen LogP contribution < -0.4 is 5.32 Å². The van der Waals surface area contributed by atoms with Gasteiger partial charge in [-0.2, -0.15) is 0 Å². The number of ether oxygens (including phenoxy) is 1. The second kappa shape index (κ2) is 4.46. The Labute approximate surface area is 116 Å². The minimum absolute atomic E-state index is 0.310. The summed E-state index contributed by atoms with van der Waals surface area (Å²) in [7, 11) is 1.89. The SMILES string of the molecule is CNc1nc(C2(C)CCCO2)nc(C2CC2)c1Br. The highest BCUT2D eigenvalue weighted by molar-refractivity contribution is 9.10. The average molecular weight is 312 g/mol. The van der Waals surface area contributed by atoms with E-state index in [-0.39, 0.29) is 5.60 Å². The van der Waals surface area contributed by atoms with E-state index in [1.807, 2.05) is 7.05 Å². The van der Waals surface area contributed by atoms with Crippen molar-refractivity contribution in [1.82, 2.24) is 9.97 Å². The van der Waals surface area contributed by atoms with Crippen LogP contribution in [0.5, 0.6) is 0 Å². The van der Waals surface area contributed by atoms with Crippen LogP contribution in [0.25, 0.3) is 0 Å². The number of anilines is 1. The van der Waals surface area contributed by atoms with Gasteiger partial charge in [0.15, 0.2) is 5.82 Å². The molecule has 98 valence electrons. The molecule has 1 saturated heterocycles. The quantitative estimate of drug-likeness (QED) is 0.931. The van der Waals surface area contributed by atoms with Crippen LogP contribution in [-0.2, 0) is 10.3 Å². The zero-order chi connectivity index (χ0) is 12.8. The van der Waals surface area contributed by atoms with Crippen LogP contribution in [0.4, 0.5) is 5.82 Å². The molecule has 0 bridgehead atoms. The van der Waals surface area contributed by atoms with E-state index in [0.29, 0.717) is 5.92 Å². The maximum Gasteiger partial charge on any atom is 0.162 e. The minimum Gasteiger partial charge on any atom is -0.372 e. The lowest BCUT2D eigenvalue weighted by Gasteiger charge is -2.23. The number of rotatable bonds is 3. The fourth-order valence-corrected chi connectivity index (χ4v) is 3.15. The van der Waals surface area contributed by atoms with Gasteiger partial charge in [0, 0.05) is 19.6 Å². The van der Waals surface area contributed by atoms with Gasteiger partial charge in [-0.25, -0.2) is 9.97 Å². The number of nitrogens with one attached hydrogen (secondary N) is 1. The lowest BCUT2D eigenvalue weighted by atomic mass is 10.0. The van der Waals surface area contributed by atoms with Crippen molar-refractivity contribution in [3.63, 3.8) is 0 Å². The Bertz CT molecular complexity index is 468. The Morgan fingerprint density at radius 2 is 2.17 bits per heavy atom. The first-order chi connectivity index (χ1) is 8.64. The van der Waals surface area contributed by atoms with E-state index in [9.17, 15) is 0 Å². The Kier molecular flexibility index (Phi) is 3.06. The molecule has 2 aliphatic rings. The maximum atomic E-state index is 5.85. The molecule has 1 aliphatic heterocycles. The molecular formula is C13H18BrN3O. The summed E-state index contributed by atoms with van der Waals surface area (Å²) >= 11 is 3.61. The van der Waals surface area contributed by atoms with Gasteiger partial charge < -0.3 is 10.1 Å². The topological polar surface area (TPSA) is 47.0 Å². The molecule has 4 nitrogen and oxygen atoms in total. The van der Waals surface area contributed by atoms with E-state index >= 15 is 0 Å². The third kappa shape index (κ3) is 2.03. The molecule has 0 amide bonds. The van der Waals surface area contributed by atoms with E-state index in [4.69, 9.17) is 9.72 Å². The van der Waals surface area contributed by atoms with Crippen LogP contribution in [-0.4, -0.2) is 23.6 Å². The molecule has 5 heteroatoms. The monoisotopic (exact) mass is 311 g/mol. The van der Waals surface area contributed by atoms with Crippen LogP contribution in [0.1, 0.15) is 50.0 Å². The van der Waals surface area contributed by atoms with E-state index in [1.54, 1.807) is 0 Å².